The molecule has 2 rings (SSSR count). The largest absolute Gasteiger partial charge is 0.697 e. The molecule has 1 N–H and O–H groups in total. The van der Waals surface area contributed by atoms with E-state index in [2.05, 4.69) is 12.0 Å². The van der Waals surface area contributed by atoms with Crippen molar-refractivity contribution in [1.29, 1.82) is 0 Å². The zero-order valence-corrected chi connectivity index (χ0v) is 16.9. The van der Waals surface area contributed by atoms with Crippen LogP contribution in [0.5, 0.6) is 0 Å². The van der Waals surface area contributed by atoms with Crippen LogP contribution in [0.4, 0.5) is 11.4 Å². The fourth-order valence-corrected chi connectivity index (χ4v) is 1.51. The molecule has 0 amide bonds. The molecule has 2 heterocycles. The average molecular weight is 713 g/mol. The van der Waals surface area contributed by atoms with Crippen molar-refractivity contribution in [2.45, 2.75) is 12.8 Å². The fraction of sp³-hybridized carbons (Fsp3) is 0.333. The van der Waals surface area contributed by atoms with Gasteiger partial charge in [0.2, 0.25) is 0 Å². The molecule has 0 saturated heterocycles. The molecule has 0 bridgehead atoms. The van der Waals surface area contributed by atoms with Crippen LogP contribution in [-0.2, 0) is 69.6 Å². The normalized spacial score (nSPS) is 12.7. The first kappa shape index (κ1) is 18.2. The summed E-state index contributed by atoms with van der Waals surface area (Å²) in [6.07, 6.45) is 3.72. The summed E-state index contributed by atoms with van der Waals surface area (Å²) >= 11 is 0. The molecule has 82 valence electrons. The number of anilines is 1. The van der Waals surface area contributed by atoms with Gasteiger partial charge in [-0.05, 0) is 19.4 Å². The van der Waals surface area contributed by atoms with Crippen molar-refractivity contribution in [3.8, 4) is 0 Å². The first-order valence-electron chi connectivity index (χ1n) is 4.06. The van der Waals surface area contributed by atoms with Gasteiger partial charge < -0.3 is 10.6 Å². The van der Waals surface area contributed by atoms with Gasteiger partial charge in [-0.1, -0.05) is 6.07 Å². The molecular formula is C9H11N3W3-2. The van der Waals surface area contributed by atoms with E-state index in [0.29, 0.717) is 5.69 Å². The minimum atomic E-state index is 0. The van der Waals surface area contributed by atoms with Gasteiger partial charge in [-0.3, -0.25) is 12.0 Å². The molecule has 0 radical (unpaired) electrons. The van der Waals surface area contributed by atoms with Gasteiger partial charge in [0.05, 0.1) is 5.69 Å². The summed E-state index contributed by atoms with van der Waals surface area (Å²) in [5.41, 5.74) is 9.97. The third-order valence-electron chi connectivity index (χ3n) is 2.13. The predicted octanol–water partition coefficient (Wildman–Crippen LogP) is 2.30. The second kappa shape index (κ2) is 7.99. The van der Waals surface area contributed by atoms with Crippen LogP contribution >= 0.6 is 0 Å². The monoisotopic (exact) mass is 713 g/mol. The molecule has 0 aromatic carbocycles. The quantitative estimate of drug-likeness (QED) is 0.388. The summed E-state index contributed by atoms with van der Waals surface area (Å²) in [5, 5.41) is 0. The topological polar surface area (TPSA) is 39.9 Å². The van der Waals surface area contributed by atoms with Gasteiger partial charge in [-0.2, -0.15) is 0 Å². The second-order valence-corrected chi connectivity index (χ2v) is 3.06. The Morgan fingerprint density at radius 2 is 2.00 bits per heavy atom. The fourth-order valence-electron chi connectivity index (χ4n) is 1.51. The Balaban J connectivity index is 0. The summed E-state index contributed by atoms with van der Waals surface area (Å²) in [6.45, 7) is 0.970. The SMILES string of the molecule is [CH2-]N1CCCc2ncc([NH-])cc21.[W].[W].[W]. The van der Waals surface area contributed by atoms with E-state index in [1.54, 1.807) is 6.20 Å². The van der Waals surface area contributed by atoms with Gasteiger partial charge in [0.25, 0.3) is 0 Å². The molecule has 6 heteroatoms. The number of rotatable bonds is 0. The minimum Gasteiger partial charge on any atom is -0.697 e. The van der Waals surface area contributed by atoms with Crippen molar-refractivity contribution < 1.29 is 63.2 Å². The molecule has 0 aliphatic carbocycles. The van der Waals surface area contributed by atoms with E-state index >= 15 is 0 Å². The molecular weight excluding hydrogens is 702 g/mol. The van der Waals surface area contributed by atoms with Crippen LogP contribution in [0.2, 0.25) is 0 Å². The Kier molecular flexibility index (Phi) is 9.68. The Hall–Kier alpha value is 0.815. The van der Waals surface area contributed by atoms with E-state index in [4.69, 9.17) is 5.73 Å². The number of nitrogens with zero attached hydrogens (tertiary/aromatic N) is 2. The molecule has 0 fully saturated rings. The van der Waals surface area contributed by atoms with Gasteiger partial charge in [-0.25, -0.2) is 0 Å². The Labute approximate surface area is 133 Å². The third kappa shape index (κ3) is 4.29. The van der Waals surface area contributed by atoms with Gasteiger partial charge in [0, 0.05) is 75.1 Å². The predicted molar refractivity (Wildman–Crippen MR) is 49.2 cm³/mol. The van der Waals surface area contributed by atoms with E-state index in [1.807, 2.05) is 11.0 Å². The minimum absolute atomic E-state index is 0. The molecule has 3 nitrogen and oxygen atoms in total. The van der Waals surface area contributed by atoms with E-state index in [-0.39, 0.29) is 63.2 Å². The van der Waals surface area contributed by atoms with Crippen molar-refractivity contribution in [2.24, 2.45) is 0 Å². The summed E-state index contributed by atoms with van der Waals surface area (Å²) in [4.78, 5) is 6.12. The summed E-state index contributed by atoms with van der Waals surface area (Å²) in [5.74, 6) is 0. The first-order valence-corrected chi connectivity index (χ1v) is 4.06. The maximum atomic E-state index is 7.41. The van der Waals surface area contributed by atoms with Gasteiger partial charge in [0.1, 0.15) is 0 Å². The van der Waals surface area contributed by atoms with Crippen LogP contribution in [0.25, 0.3) is 5.73 Å². The van der Waals surface area contributed by atoms with Gasteiger partial charge >= 0.3 is 0 Å². The molecule has 0 atom stereocenters. The maximum absolute atomic E-state index is 7.41. The summed E-state index contributed by atoms with van der Waals surface area (Å²) in [6, 6.07) is 1.83. The number of nitrogens with one attached hydrogen (secondary N) is 1. The standard InChI is InChI=1S/C9H11N3.3W/c1-12-4-2-3-8-9(12)5-7(10)6-11-8;;;/h5-6,10H,1-4H2;;;/q-2;;;. The second-order valence-electron chi connectivity index (χ2n) is 3.06. The number of aromatic nitrogens is 1. The zero-order valence-electron chi connectivity index (χ0n) is 8.10. The van der Waals surface area contributed by atoms with Crippen LogP contribution < -0.4 is 4.90 Å². The summed E-state index contributed by atoms with van der Waals surface area (Å²) in [7, 11) is 3.89. The van der Waals surface area contributed by atoms with Gasteiger partial charge in [-0.15, -0.1) is 5.69 Å². The number of fused-ring (bicyclic) bond motifs is 1. The van der Waals surface area contributed by atoms with Crippen LogP contribution in [-0.4, -0.2) is 11.5 Å². The Morgan fingerprint density at radius 1 is 1.33 bits per heavy atom. The number of pyridine rings is 1. The molecule has 15 heavy (non-hydrogen) atoms. The first-order chi connectivity index (χ1) is 5.77. The molecule has 1 aliphatic heterocycles. The maximum Gasteiger partial charge on any atom is 0.0610 e. The van der Waals surface area contributed by atoms with E-state index in [1.165, 1.54) is 0 Å². The molecule has 0 spiro atoms. The van der Waals surface area contributed by atoms with Crippen molar-refractivity contribution in [3.63, 3.8) is 0 Å². The van der Waals surface area contributed by atoms with E-state index in [0.717, 1.165) is 30.8 Å². The van der Waals surface area contributed by atoms with Crippen LogP contribution in [0.1, 0.15) is 12.1 Å². The van der Waals surface area contributed by atoms with Gasteiger partial charge in [0.15, 0.2) is 0 Å². The van der Waals surface area contributed by atoms with Crippen molar-refractivity contribution in [3.05, 3.63) is 30.7 Å². The number of hydrogen-bond acceptors (Lipinski definition) is 2. The number of hydrogen-bond donors (Lipinski definition) is 0. The number of aryl methyl sites for hydroxylation is 1. The Morgan fingerprint density at radius 3 is 2.67 bits per heavy atom. The zero-order chi connectivity index (χ0) is 8.55. The van der Waals surface area contributed by atoms with E-state index < -0.39 is 0 Å². The average Bonchev–Trinajstić information content (AvgIpc) is 2.07. The third-order valence-corrected chi connectivity index (χ3v) is 2.13. The van der Waals surface area contributed by atoms with Crippen LogP contribution in [0.3, 0.4) is 0 Å². The van der Waals surface area contributed by atoms with Crippen molar-refractivity contribution in [2.75, 3.05) is 11.4 Å². The Bertz CT molecular complexity index is 307. The van der Waals surface area contributed by atoms with Crippen molar-refractivity contribution >= 4 is 11.4 Å². The van der Waals surface area contributed by atoms with E-state index in [9.17, 15) is 0 Å². The molecule has 0 saturated carbocycles. The molecule has 0 unspecified atom stereocenters. The smallest absolute Gasteiger partial charge is 0.0610 e. The van der Waals surface area contributed by atoms with Crippen LogP contribution in [0, 0.1) is 7.05 Å². The molecule has 1 aromatic rings. The van der Waals surface area contributed by atoms with Crippen molar-refractivity contribution in [1.82, 2.24) is 4.98 Å². The summed E-state index contributed by atoms with van der Waals surface area (Å²) < 4.78 is 0. The molecule has 1 aliphatic rings. The van der Waals surface area contributed by atoms with Crippen LogP contribution in [0.15, 0.2) is 12.3 Å². The molecule has 1 aromatic heterocycles.